The van der Waals surface area contributed by atoms with Gasteiger partial charge in [0.25, 0.3) is 5.91 Å². The zero-order valence-electron chi connectivity index (χ0n) is 10.1. The van der Waals surface area contributed by atoms with Crippen molar-refractivity contribution in [3.05, 3.63) is 0 Å². The Hall–Kier alpha value is -1.10. The molecule has 0 aromatic heterocycles. The maximum atomic E-state index is 12.1. The Labute approximate surface area is 101 Å². The second kappa shape index (κ2) is 4.29. The molecule has 1 unspecified atom stereocenters. The lowest BCUT2D eigenvalue weighted by molar-refractivity contribution is -0.146. The minimum atomic E-state index is -0.859. The quantitative estimate of drug-likeness (QED) is 0.772. The van der Waals surface area contributed by atoms with E-state index in [0.717, 1.165) is 25.7 Å². The molecular formula is C12H19NO4. The molecule has 96 valence electrons. The van der Waals surface area contributed by atoms with Gasteiger partial charge in [-0.05, 0) is 39.0 Å². The van der Waals surface area contributed by atoms with Crippen molar-refractivity contribution in [2.45, 2.75) is 56.6 Å². The van der Waals surface area contributed by atoms with Crippen molar-refractivity contribution in [2.75, 3.05) is 6.61 Å². The fraction of sp³-hybridized carbons (Fsp3) is 0.833. The fourth-order valence-corrected chi connectivity index (χ4v) is 2.57. The predicted molar refractivity (Wildman–Crippen MR) is 60.6 cm³/mol. The standard InChI is InChI=1S/C12H19NO4/c1-11(4-3-7-17-11)10(16)13-12(5-2-6-12)8-9(14)15/h2-8H2,1H3,(H,13,16)(H,14,15). The van der Waals surface area contributed by atoms with Crippen LogP contribution >= 0.6 is 0 Å². The van der Waals surface area contributed by atoms with E-state index in [1.807, 2.05) is 0 Å². The Morgan fingerprint density at radius 1 is 1.29 bits per heavy atom. The monoisotopic (exact) mass is 241 g/mol. The predicted octanol–water partition coefficient (Wildman–Crippen LogP) is 1.07. The van der Waals surface area contributed by atoms with E-state index < -0.39 is 17.1 Å². The lowest BCUT2D eigenvalue weighted by Gasteiger charge is -2.43. The normalized spacial score (nSPS) is 30.6. The van der Waals surface area contributed by atoms with Gasteiger partial charge in [0.15, 0.2) is 0 Å². The number of carbonyl (C=O) groups is 2. The average Bonchev–Trinajstić information content (AvgIpc) is 2.62. The van der Waals surface area contributed by atoms with Gasteiger partial charge in [-0.25, -0.2) is 0 Å². The van der Waals surface area contributed by atoms with Gasteiger partial charge in [-0.2, -0.15) is 0 Å². The lowest BCUT2D eigenvalue weighted by atomic mass is 9.74. The Bertz CT molecular complexity index is 329. The molecule has 0 aromatic carbocycles. The molecule has 2 fully saturated rings. The minimum Gasteiger partial charge on any atom is -0.481 e. The minimum absolute atomic E-state index is 0.00875. The van der Waals surface area contributed by atoms with Crippen LogP contribution in [0.4, 0.5) is 0 Å². The summed E-state index contributed by atoms with van der Waals surface area (Å²) in [5, 5.41) is 11.8. The number of carbonyl (C=O) groups excluding carboxylic acids is 1. The van der Waals surface area contributed by atoms with E-state index in [-0.39, 0.29) is 12.3 Å². The highest BCUT2D eigenvalue weighted by Crippen LogP contribution is 2.36. The topological polar surface area (TPSA) is 75.6 Å². The molecule has 1 saturated carbocycles. The number of carboxylic acid groups (broad SMARTS) is 1. The first-order valence-corrected chi connectivity index (χ1v) is 6.14. The summed E-state index contributed by atoms with van der Waals surface area (Å²) in [5.41, 5.74) is -1.29. The third-order valence-corrected chi connectivity index (χ3v) is 3.88. The van der Waals surface area contributed by atoms with Crippen LogP contribution in [0.1, 0.15) is 45.4 Å². The maximum absolute atomic E-state index is 12.1. The molecule has 0 radical (unpaired) electrons. The summed E-state index contributed by atoms with van der Waals surface area (Å²) < 4.78 is 5.46. The van der Waals surface area contributed by atoms with E-state index in [0.29, 0.717) is 13.0 Å². The number of hydrogen-bond acceptors (Lipinski definition) is 3. The van der Waals surface area contributed by atoms with E-state index in [2.05, 4.69) is 5.32 Å². The molecule has 0 spiro atoms. The van der Waals surface area contributed by atoms with Crippen molar-refractivity contribution >= 4 is 11.9 Å². The summed E-state index contributed by atoms with van der Waals surface area (Å²) in [6.07, 6.45) is 4.08. The molecule has 1 aliphatic carbocycles. The van der Waals surface area contributed by atoms with Crippen molar-refractivity contribution < 1.29 is 19.4 Å². The van der Waals surface area contributed by atoms with Gasteiger partial charge >= 0.3 is 5.97 Å². The number of hydrogen-bond donors (Lipinski definition) is 2. The highest BCUT2D eigenvalue weighted by atomic mass is 16.5. The van der Waals surface area contributed by atoms with Gasteiger partial charge in [-0.3, -0.25) is 9.59 Å². The number of ether oxygens (including phenoxy) is 1. The van der Waals surface area contributed by atoms with Crippen molar-refractivity contribution in [3.63, 3.8) is 0 Å². The molecule has 1 saturated heterocycles. The molecular weight excluding hydrogens is 222 g/mol. The lowest BCUT2D eigenvalue weighted by Crippen LogP contribution is -2.59. The zero-order valence-corrected chi connectivity index (χ0v) is 10.1. The Kier molecular flexibility index (Phi) is 3.12. The molecule has 2 rings (SSSR count). The number of aliphatic carboxylic acids is 1. The largest absolute Gasteiger partial charge is 0.481 e. The van der Waals surface area contributed by atoms with E-state index >= 15 is 0 Å². The van der Waals surface area contributed by atoms with Gasteiger partial charge in [0.1, 0.15) is 5.60 Å². The smallest absolute Gasteiger partial charge is 0.305 e. The number of rotatable bonds is 4. The van der Waals surface area contributed by atoms with Gasteiger partial charge in [-0.1, -0.05) is 0 Å². The summed E-state index contributed by atoms with van der Waals surface area (Å²) in [6.45, 7) is 2.39. The van der Waals surface area contributed by atoms with Crippen LogP contribution in [0.25, 0.3) is 0 Å². The van der Waals surface area contributed by atoms with Crippen molar-refractivity contribution in [3.8, 4) is 0 Å². The van der Waals surface area contributed by atoms with Crippen LogP contribution in [0, 0.1) is 0 Å². The van der Waals surface area contributed by atoms with Crippen LogP contribution < -0.4 is 5.32 Å². The van der Waals surface area contributed by atoms with Crippen LogP contribution in [0.15, 0.2) is 0 Å². The maximum Gasteiger partial charge on any atom is 0.305 e. The van der Waals surface area contributed by atoms with E-state index in [1.165, 1.54) is 0 Å². The summed E-state index contributed by atoms with van der Waals surface area (Å²) in [5.74, 6) is -1.02. The third-order valence-electron chi connectivity index (χ3n) is 3.88. The molecule has 5 nitrogen and oxygen atoms in total. The number of amides is 1. The third kappa shape index (κ3) is 2.44. The molecule has 1 aliphatic heterocycles. The van der Waals surface area contributed by atoms with Crippen molar-refractivity contribution in [1.82, 2.24) is 5.32 Å². The average molecular weight is 241 g/mol. The zero-order chi connectivity index (χ0) is 12.5. The first kappa shape index (κ1) is 12.4. The highest BCUT2D eigenvalue weighted by molar-refractivity contribution is 5.86. The fourth-order valence-electron chi connectivity index (χ4n) is 2.57. The molecule has 1 amide bonds. The van der Waals surface area contributed by atoms with E-state index in [9.17, 15) is 9.59 Å². The molecule has 2 N–H and O–H groups in total. The van der Waals surface area contributed by atoms with Crippen LogP contribution in [-0.4, -0.2) is 34.7 Å². The van der Waals surface area contributed by atoms with Gasteiger partial charge in [0, 0.05) is 6.61 Å². The summed E-state index contributed by atoms with van der Waals surface area (Å²) in [7, 11) is 0. The van der Waals surface area contributed by atoms with Crippen molar-refractivity contribution in [1.29, 1.82) is 0 Å². The first-order valence-electron chi connectivity index (χ1n) is 6.14. The SMILES string of the molecule is CC1(C(=O)NC2(CC(=O)O)CCC2)CCCO1. The van der Waals surface area contributed by atoms with Gasteiger partial charge < -0.3 is 15.2 Å². The van der Waals surface area contributed by atoms with Crippen molar-refractivity contribution in [2.24, 2.45) is 0 Å². The second-order valence-corrected chi connectivity index (χ2v) is 5.34. The van der Waals surface area contributed by atoms with Gasteiger partial charge in [-0.15, -0.1) is 0 Å². The number of nitrogens with one attached hydrogen (secondary N) is 1. The Balaban J connectivity index is 1.99. The van der Waals surface area contributed by atoms with Crippen LogP contribution in [-0.2, 0) is 14.3 Å². The Morgan fingerprint density at radius 3 is 2.41 bits per heavy atom. The van der Waals surface area contributed by atoms with Crippen LogP contribution in [0.2, 0.25) is 0 Å². The highest BCUT2D eigenvalue weighted by Gasteiger charge is 2.45. The molecule has 17 heavy (non-hydrogen) atoms. The molecule has 1 heterocycles. The molecule has 5 heteroatoms. The molecule has 2 aliphatic rings. The number of carboxylic acids is 1. The van der Waals surface area contributed by atoms with Gasteiger partial charge in [0.2, 0.25) is 0 Å². The molecule has 1 atom stereocenters. The van der Waals surface area contributed by atoms with Crippen LogP contribution in [0.5, 0.6) is 0 Å². The van der Waals surface area contributed by atoms with Crippen LogP contribution in [0.3, 0.4) is 0 Å². The Morgan fingerprint density at radius 2 is 2.00 bits per heavy atom. The van der Waals surface area contributed by atoms with Gasteiger partial charge in [0.05, 0.1) is 12.0 Å². The second-order valence-electron chi connectivity index (χ2n) is 5.34. The summed E-state index contributed by atoms with van der Waals surface area (Å²) in [6, 6.07) is 0. The molecule has 0 aromatic rings. The summed E-state index contributed by atoms with van der Waals surface area (Å²) >= 11 is 0. The van der Waals surface area contributed by atoms with E-state index in [1.54, 1.807) is 6.92 Å². The summed E-state index contributed by atoms with van der Waals surface area (Å²) in [4.78, 5) is 22.9. The molecule has 0 bridgehead atoms. The van der Waals surface area contributed by atoms with E-state index in [4.69, 9.17) is 9.84 Å². The first-order chi connectivity index (χ1) is 7.96.